The lowest BCUT2D eigenvalue weighted by Gasteiger charge is -2.30. The molecule has 10 heteroatoms. The number of hydrogen-bond acceptors (Lipinski definition) is 10. The van der Waals surface area contributed by atoms with Crippen LogP contribution in [0.1, 0.15) is 69.7 Å². The van der Waals surface area contributed by atoms with Gasteiger partial charge in [-0.05, 0) is 59.4 Å². The Bertz CT molecular complexity index is 1530. The maximum absolute atomic E-state index is 13.9. The zero-order valence-corrected chi connectivity index (χ0v) is 26.2. The largest absolute Gasteiger partial charge is 0.496 e. The predicted molar refractivity (Wildman–Crippen MR) is 162 cm³/mol. The number of Topliss-reactive ketones (excluding diaryl/α,β-unsaturated/α-hetero) is 2. The van der Waals surface area contributed by atoms with E-state index in [4.69, 9.17) is 28.4 Å². The highest BCUT2D eigenvalue weighted by atomic mass is 16.5. The number of methoxy groups -OCH3 is 6. The number of allylic oxidation sites excluding steroid dienone is 2. The lowest BCUT2D eigenvalue weighted by Crippen LogP contribution is -2.27. The molecule has 10 nitrogen and oxygen atoms in total. The first-order valence-electron chi connectivity index (χ1n) is 14.2. The molecule has 0 unspecified atom stereocenters. The van der Waals surface area contributed by atoms with Crippen LogP contribution in [0.2, 0.25) is 0 Å². The second kappa shape index (κ2) is 13.2. The summed E-state index contributed by atoms with van der Waals surface area (Å²) in [6.07, 6.45) is 2.80. The summed E-state index contributed by atoms with van der Waals surface area (Å²) in [7, 11) is 8.00. The van der Waals surface area contributed by atoms with E-state index in [2.05, 4.69) is 0 Å². The maximum Gasteiger partial charge on any atom is 0.345 e. The molecule has 2 aromatic carbocycles. The fourth-order valence-electron chi connectivity index (χ4n) is 5.80. The maximum atomic E-state index is 13.9. The smallest absolute Gasteiger partial charge is 0.345 e. The first kappa shape index (κ1) is 32.1. The molecule has 0 heterocycles. The third kappa shape index (κ3) is 5.14. The van der Waals surface area contributed by atoms with Crippen molar-refractivity contribution in [1.82, 2.24) is 0 Å². The molecule has 2 aliphatic carbocycles. The van der Waals surface area contributed by atoms with Gasteiger partial charge >= 0.3 is 11.9 Å². The summed E-state index contributed by atoms with van der Waals surface area (Å²) in [6, 6.07) is 6.79. The number of hydrogen-bond donors (Lipinski definition) is 0. The lowest BCUT2D eigenvalue weighted by atomic mass is 9.75. The quantitative estimate of drug-likeness (QED) is 0.269. The molecule has 232 valence electrons. The van der Waals surface area contributed by atoms with Crippen LogP contribution in [-0.4, -0.2) is 66.2 Å². The zero-order valence-electron chi connectivity index (χ0n) is 26.2. The molecule has 0 saturated carbocycles. The fraction of sp³-hybridized carbons (Fsp3) is 0.353. The molecule has 0 saturated heterocycles. The Labute approximate surface area is 256 Å². The molecule has 0 fully saturated rings. The summed E-state index contributed by atoms with van der Waals surface area (Å²) in [4.78, 5) is 54.2. The van der Waals surface area contributed by atoms with E-state index in [0.717, 1.165) is 38.2 Å². The summed E-state index contributed by atoms with van der Waals surface area (Å²) in [6.45, 7) is 4.03. The summed E-state index contributed by atoms with van der Waals surface area (Å²) in [5.74, 6) is -2.33. The van der Waals surface area contributed by atoms with Crippen LogP contribution in [0.5, 0.6) is 11.5 Å². The molecule has 0 aromatic heterocycles. The molecule has 0 amide bonds. The van der Waals surface area contributed by atoms with Gasteiger partial charge in [-0.2, -0.15) is 0 Å². The number of rotatable bonds is 10. The van der Waals surface area contributed by atoms with Crippen molar-refractivity contribution in [1.29, 1.82) is 0 Å². The van der Waals surface area contributed by atoms with Crippen molar-refractivity contribution >= 4 is 34.7 Å². The van der Waals surface area contributed by atoms with Crippen LogP contribution in [-0.2, 0) is 41.4 Å². The number of esters is 2. The highest BCUT2D eigenvalue weighted by Gasteiger charge is 2.43. The van der Waals surface area contributed by atoms with Crippen LogP contribution in [0.4, 0.5) is 0 Å². The van der Waals surface area contributed by atoms with Crippen molar-refractivity contribution in [3.8, 4) is 11.5 Å². The van der Waals surface area contributed by atoms with Crippen molar-refractivity contribution in [2.75, 3.05) is 42.7 Å². The van der Waals surface area contributed by atoms with Crippen LogP contribution in [0.3, 0.4) is 0 Å². The van der Waals surface area contributed by atoms with Gasteiger partial charge in [0, 0.05) is 22.3 Å². The van der Waals surface area contributed by atoms with Crippen molar-refractivity contribution in [2.24, 2.45) is 0 Å². The summed E-state index contributed by atoms with van der Waals surface area (Å²) < 4.78 is 32.9. The van der Waals surface area contributed by atoms with E-state index in [1.807, 2.05) is 26.0 Å². The molecular weight excluding hydrogens is 568 g/mol. The molecule has 2 aromatic rings. The highest BCUT2D eigenvalue weighted by molar-refractivity contribution is 6.34. The molecule has 0 radical (unpaired) electrons. The average Bonchev–Trinajstić information content (AvgIpc) is 3.03. The van der Waals surface area contributed by atoms with E-state index in [1.54, 1.807) is 12.1 Å². The minimum absolute atomic E-state index is 0.0936. The van der Waals surface area contributed by atoms with Gasteiger partial charge in [-0.25, -0.2) is 9.59 Å². The normalized spacial score (nSPS) is 15.9. The minimum Gasteiger partial charge on any atom is -0.496 e. The van der Waals surface area contributed by atoms with Crippen LogP contribution >= 0.6 is 0 Å². The summed E-state index contributed by atoms with van der Waals surface area (Å²) in [5, 5.41) is 0. The Morgan fingerprint density at radius 2 is 0.909 bits per heavy atom. The van der Waals surface area contributed by atoms with Gasteiger partial charge in [-0.3, -0.25) is 9.59 Å². The van der Waals surface area contributed by atoms with Crippen LogP contribution in [0.15, 0.2) is 46.9 Å². The predicted octanol–water partition coefficient (Wildman–Crippen LogP) is 5.06. The van der Waals surface area contributed by atoms with Gasteiger partial charge in [0.15, 0.2) is 11.1 Å². The molecule has 0 bridgehead atoms. The van der Waals surface area contributed by atoms with E-state index in [0.29, 0.717) is 35.5 Å². The first-order valence-corrected chi connectivity index (χ1v) is 14.2. The summed E-state index contributed by atoms with van der Waals surface area (Å²) >= 11 is 0. The van der Waals surface area contributed by atoms with E-state index < -0.39 is 23.5 Å². The van der Waals surface area contributed by atoms with Crippen LogP contribution < -0.4 is 9.47 Å². The first-order chi connectivity index (χ1) is 21.2. The molecule has 44 heavy (non-hydrogen) atoms. The number of ether oxygens (including phenoxy) is 6. The highest BCUT2D eigenvalue weighted by Crippen LogP contribution is 2.49. The molecule has 0 aliphatic heterocycles. The molecule has 2 aliphatic rings. The van der Waals surface area contributed by atoms with Crippen molar-refractivity contribution in [3.05, 3.63) is 80.3 Å². The monoisotopic (exact) mass is 604 g/mol. The van der Waals surface area contributed by atoms with E-state index >= 15 is 0 Å². The van der Waals surface area contributed by atoms with Crippen molar-refractivity contribution in [3.63, 3.8) is 0 Å². The third-order valence-electron chi connectivity index (χ3n) is 7.71. The van der Waals surface area contributed by atoms with Gasteiger partial charge in [0.2, 0.25) is 11.6 Å². The van der Waals surface area contributed by atoms with Gasteiger partial charge in [0.25, 0.3) is 0 Å². The molecule has 4 rings (SSSR count). The Kier molecular flexibility index (Phi) is 9.62. The number of fused-ring (bicyclic) bond motifs is 2. The second-order valence-electron chi connectivity index (χ2n) is 10.1. The van der Waals surface area contributed by atoms with E-state index in [1.165, 1.54) is 28.4 Å². The Hall–Kier alpha value is -4.86. The average molecular weight is 605 g/mol. The zero-order chi connectivity index (χ0) is 32.3. The Morgan fingerprint density at radius 3 is 1.18 bits per heavy atom. The Morgan fingerprint density at radius 1 is 0.545 bits per heavy atom. The van der Waals surface area contributed by atoms with Crippen molar-refractivity contribution < 1.29 is 47.6 Å². The van der Waals surface area contributed by atoms with Gasteiger partial charge in [-0.1, -0.05) is 26.7 Å². The minimum atomic E-state index is -0.920. The lowest BCUT2D eigenvalue weighted by molar-refractivity contribution is -0.136. The van der Waals surface area contributed by atoms with Crippen molar-refractivity contribution in [2.45, 2.75) is 39.5 Å². The number of carbonyl (C=O) groups is 4. The van der Waals surface area contributed by atoms with Gasteiger partial charge in [0.05, 0.1) is 42.7 Å². The molecule has 0 spiro atoms. The van der Waals surface area contributed by atoms with Crippen LogP contribution in [0.25, 0.3) is 11.1 Å². The SMILES string of the molecule is CCCc1cc2c(cc1OC)C(=O)C(C(=O)OC)=C(OC)/C2=C1/C(OC)=C(C(=O)OC)C(=O)c2cc(OC)c(CCC)cc21. The van der Waals surface area contributed by atoms with Gasteiger partial charge in [0.1, 0.15) is 23.0 Å². The number of benzene rings is 2. The molecule has 0 N–H and O–H groups in total. The number of aryl methyl sites for hydroxylation is 2. The van der Waals surface area contributed by atoms with Gasteiger partial charge < -0.3 is 28.4 Å². The second-order valence-corrected chi connectivity index (χ2v) is 10.1. The molecular formula is C34H36O10. The Balaban J connectivity index is 2.35. The summed E-state index contributed by atoms with van der Waals surface area (Å²) in [5.41, 5.74) is 2.56. The standard InChI is InChI=1S/C34H36O10/c1-9-11-17-13-19-21(15-23(17)39-3)29(35)27(33(37)43-7)31(41-5)25(19)26-20-14-18(12-10-2)24(40-4)16-22(20)30(36)28(32(26)42-6)34(38)44-8/h13-16H,9-12H2,1-8H3/b26-25+. The molecule has 0 atom stereocenters. The third-order valence-corrected chi connectivity index (χ3v) is 7.71. The topological polar surface area (TPSA) is 124 Å². The van der Waals surface area contributed by atoms with Gasteiger partial charge in [-0.15, -0.1) is 0 Å². The van der Waals surface area contributed by atoms with Crippen LogP contribution in [0, 0.1) is 0 Å². The number of carbonyl (C=O) groups excluding carboxylic acids is 4. The van der Waals surface area contributed by atoms with E-state index in [9.17, 15) is 19.2 Å². The fourth-order valence-corrected chi connectivity index (χ4v) is 5.80. The number of ketones is 2. The van der Waals surface area contributed by atoms with E-state index in [-0.39, 0.29) is 44.9 Å².